The Morgan fingerprint density at radius 1 is 0.344 bits per heavy atom. The molecule has 64 heavy (non-hydrogen) atoms. The van der Waals surface area contributed by atoms with Gasteiger partial charge in [0.15, 0.2) is 0 Å². The molecule has 0 atom stereocenters. The fourth-order valence-electron chi connectivity index (χ4n) is 2.53. The van der Waals surface area contributed by atoms with Gasteiger partial charge in [-0.25, -0.2) is 46.5 Å². The van der Waals surface area contributed by atoms with Crippen LogP contribution in [0, 0.1) is 23.0 Å². The van der Waals surface area contributed by atoms with Crippen molar-refractivity contribution in [3.8, 4) is 0 Å². The van der Waals surface area contributed by atoms with Crippen LogP contribution < -0.4 is 0 Å². The molecular weight excluding hydrogens is 1280 g/mol. The van der Waals surface area contributed by atoms with Crippen molar-refractivity contribution in [1.29, 1.82) is 10.8 Å². The van der Waals surface area contributed by atoms with E-state index in [0.29, 0.717) is 11.1 Å². The summed E-state index contributed by atoms with van der Waals surface area (Å²) < 4.78 is 0. The summed E-state index contributed by atoms with van der Waals surface area (Å²) in [4.78, 5) is 8.31. The van der Waals surface area contributed by atoms with E-state index in [1.165, 1.54) is 0 Å². The van der Waals surface area contributed by atoms with E-state index in [-0.39, 0.29) is 108 Å². The van der Waals surface area contributed by atoms with Crippen molar-refractivity contribution >= 4 is 36.2 Å². The molecule has 0 amide bonds. The van der Waals surface area contributed by atoms with Gasteiger partial charge in [-0.05, 0) is 0 Å². The second-order valence-corrected chi connectivity index (χ2v) is 6.28. The van der Waals surface area contributed by atoms with Crippen LogP contribution >= 0.6 is 0 Å². The van der Waals surface area contributed by atoms with Crippen LogP contribution in [-0.4, -0.2) is 37.1 Å². The fourth-order valence-corrected chi connectivity index (χ4v) is 2.53. The minimum Gasteiger partial charge on any atom is -0.400 e. The number of rotatable bonds is 6. The Morgan fingerprint density at radius 2 is 0.531 bits per heavy atom. The first-order chi connectivity index (χ1) is 29.8. The molecule has 5 nitrogen and oxygen atoms in total. The van der Waals surface area contributed by atoms with Gasteiger partial charge in [0.25, 0.3) is 0 Å². The Kier molecular flexibility index (Phi) is 235. The maximum Gasteiger partial charge on any atom is 2.00 e. The van der Waals surface area contributed by atoms with Gasteiger partial charge in [0.05, 0.1) is 0 Å². The van der Waals surface area contributed by atoms with Gasteiger partial charge in [0.2, 0.25) is 0 Å². The van der Waals surface area contributed by atoms with Gasteiger partial charge in [0, 0.05) is 72.5 Å². The van der Waals surface area contributed by atoms with E-state index in [9.17, 15) is 0 Å². The number of benzene rings is 4. The van der Waals surface area contributed by atoms with Crippen molar-refractivity contribution in [3.05, 3.63) is 131 Å². The standard InChI is InChI=1S/2C14H9N2.13C2H6.CH4O.2W.2Y/c2*15-10-12-6-4-5-7-13(12)11-16-14-8-2-1-3-9-14;14*1-2;;;;/h2*1-8,15H;13*1-2H3;2H,1H3;;;;/q2*-3;;;;;;;;;;;;;;;2*+2;;. The largest absolute Gasteiger partial charge is 2.00 e. The van der Waals surface area contributed by atoms with Crippen molar-refractivity contribution in [1.82, 2.24) is 0 Å². The van der Waals surface area contributed by atoms with Gasteiger partial charge in [-0.3, -0.25) is 0 Å². The van der Waals surface area contributed by atoms with Crippen LogP contribution in [0.25, 0.3) is 0 Å². The minimum atomic E-state index is 0. The normalized spacial score (nSPS) is 6.56. The number of hydrogen-bond donors (Lipinski definition) is 3. The zero-order valence-corrected chi connectivity index (χ0v) is 58.1. The Bertz CT molecular complexity index is 1140. The number of nitrogens with one attached hydrogen (secondary N) is 2. The molecule has 0 aliphatic rings. The molecule has 0 aliphatic heterocycles. The summed E-state index contributed by atoms with van der Waals surface area (Å²) in [5, 5.41) is 21.3. The maximum atomic E-state index is 7.13. The van der Waals surface area contributed by atoms with Crippen molar-refractivity contribution in [2.24, 2.45) is 9.98 Å². The molecule has 4 aromatic carbocycles. The molecule has 4 aromatic rings. The van der Waals surface area contributed by atoms with Crippen LogP contribution in [0.2, 0.25) is 0 Å². The second kappa shape index (κ2) is 137. The summed E-state index contributed by atoms with van der Waals surface area (Å²) >= 11 is 0. The number of aliphatic imine (C=N–C) groups is 2. The third-order valence-corrected chi connectivity index (χ3v) is 4.10. The molecule has 0 saturated heterocycles. The first-order valence-electron chi connectivity index (χ1n) is 23.2. The van der Waals surface area contributed by atoms with E-state index in [4.69, 9.17) is 15.9 Å². The molecule has 0 bridgehead atoms. The summed E-state index contributed by atoms with van der Waals surface area (Å²) in [6.07, 6.45) is 10.5. The average Bonchev–Trinajstić information content (AvgIpc) is 3.42. The average molecular weight is 1380 g/mol. The molecule has 2 radical (unpaired) electrons. The summed E-state index contributed by atoms with van der Waals surface area (Å²) in [6, 6.07) is 35.6. The SMILES string of the molecule is CC.CC.CC.CC.CC.CC.CC.CC.CC.CC.CC.CC.CC.CO.N=[C-]c1ccccc1[C-]=Nc1[c-]cccc1.N=[C-]c1ccccc1[C-]=Nc1[c-]cccc1.[W+2].[W+2].[Y].[Y]. The van der Waals surface area contributed by atoms with E-state index < -0.39 is 0 Å². The zero-order chi connectivity index (χ0) is 50.4. The molecule has 366 valence electrons. The van der Waals surface area contributed by atoms with Crippen LogP contribution in [0.5, 0.6) is 0 Å². The number of aliphatic hydroxyl groups is 1. The third-order valence-electron chi connectivity index (χ3n) is 4.10. The molecule has 0 saturated carbocycles. The van der Waals surface area contributed by atoms with Gasteiger partial charge in [-0.15, -0.1) is 60.5 Å². The smallest absolute Gasteiger partial charge is 0.400 e. The Morgan fingerprint density at radius 3 is 0.703 bits per heavy atom. The van der Waals surface area contributed by atoms with E-state index in [1.807, 2.05) is 253 Å². The molecule has 0 fully saturated rings. The van der Waals surface area contributed by atoms with E-state index in [1.54, 1.807) is 24.3 Å². The summed E-state index contributed by atoms with van der Waals surface area (Å²) in [7, 11) is 1.00. The molecule has 0 aliphatic carbocycles. The van der Waals surface area contributed by atoms with E-state index >= 15 is 0 Å². The van der Waals surface area contributed by atoms with Crippen molar-refractivity contribution < 1.29 is 113 Å². The molecule has 4 rings (SSSR count). The number of aliphatic hydroxyl groups excluding tert-OH is 1. The molecule has 3 N–H and O–H groups in total. The van der Waals surface area contributed by atoms with Crippen molar-refractivity contribution in [2.45, 2.75) is 180 Å². The molecule has 0 spiro atoms. The molecule has 0 unspecified atom stereocenters. The second-order valence-electron chi connectivity index (χ2n) is 6.28. The number of para-hydroxylation sites is 2. The van der Waals surface area contributed by atoms with Gasteiger partial charge in [-0.1, -0.05) is 180 Å². The van der Waals surface area contributed by atoms with Crippen LogP contribution in [0.15, 0.2) is 107 Å². The van der Waals surface area contributed by atoms with Gasteiger partial charge in [-0.2, -0.15) is 60.7 Å². The first kappa shape index (κ1) is 110. The van der Waals surface area contributed by atoms with Crippen LogP contribution in [-0.2, 0) is 108 Å². The summed E-state index contributed by atoms with van der Waals surface area (Å²) in [5.74, 6) is 0. The molecular formula is C55H100N4OW2Y2-2. The van der Waals surface area contributed by atoms with E-state index in [2.05, 4.69) is 47.0 Å². The maximum absolute atomic E-state index is 7.13. The van der Waals surface area contributed by atoms with Crippen LogP contribution in [0.3, 0.4) is 0 Å². The van der Waals surface area contributed by atoms with Crippen molar-refractivity contribution in [3.63, 3.8) is 0 Å². The summed E-state index contributed by atoms with van der Waals surface area (Å²) in [5.41, 5.74) is 4.33. The quantitative estimate of drug-likeness (QED) is 0.130. The fraction of sp³-hybridized carbons (Fsp3) is 0.491. The van der Waals surface area contributed by atoms with E-state index in [0.717, 1.165) is 29.6 Å². The third kappa shape index (κ3) is 84.5. The number of hydrogen-bond acceptors (Lipinski definition) is 5. The minimum absolute atomic E-state index is 0. The molecule has 0 heterocycles. The van der Waals surface area contributed by atoms with Crippen LogP contribution in [0.1, 0.15) is 202 Å². The number of nitrogens with zero attached hydrogens (tertiary/aromatic N) is 2. The van der Waals surface area contributed by atoms with Gasteiger partial charge >= 0.3 is 42.1 Å². The van der Waals surface area contributed by atoms with Gasteiger partial charge in [0.1, 0.15) is 0 Å². The first-order valence-corrected chi connectivity index (χ1v) is 23.2. The topological polar surface area (TPSA) is 92.6 Å². The van der Waals surface area contributed by atoms with Crippen molar-refractivity contribution in [2.75, 3.05) is 7.11 Å². The predicted molar refractivity (Wildman–Crippen MR) is 285 cm³/mol. The monoisotopic (exact) mass is 1380 g/mol. The Hall–Kier alpha value is -0.896. The van der Waals surface area contributed by atoms with Crippen LogP contribution in [0.4, 0.5) is 11.4 Å². The van der Waals surface area contributed by atoms with Gasteiger partial charge < -0.3 is 25.9 Å². The predicted octanol–water partition coefficient (Wildman–Crippen LogP) is 18.9. The Labute approximate surface area is 483 Å². The summed E-state index contributed by atoms with van der Waals surface area (Å²) in [6.45, 7) is 52.0. The molecule has 9 heteroatoms. The molecule has 0 aromatic heterocycles. The zero-order valence-electron chi connectivity index (χ0n) is 46.6. The Balaban J connectivity index is -0.0000000320.